The van der Waals surface area contributed by atoms with Crippen LogP contribution in [0.15, 0.2) is 39.2 Å². The van der Waals surface area contributed by atoms with Crippen molar-refractivity contribution >= 4 is 21.8 Å². The van der Waals surface area contributed by atoms with Crippen molar-refractivity contribution in [2.24, 2.45) is 0 Å². The number of rotatable bonds is 5. The van der Waals surface area contributed by atoms with E-state index in [2.05, 4.69) is 25.6 Å². The minimum Gasteiger partial charge on any atom is -0.456 e. The van der Waals surface area contributed by atoms with E-state index in [1.54, 1.807) is 36.1 Å². The van der Waals surface area contributed by atoms with Gasteiger partial charge < -0.3 is 14.1 Å². The molecule has 1 saturated heterocycles. The highest BCUT2D eigenvalue weighted by atomic mass is 79.9. The molecule has 5 nitrogen and oxygen atoms in total. The number of carbonyl (C=O) groups excluding carboxylic acids is 1. The number of amides is 1. The second kappa shape index (κ2) is 8.18. The van der Waals surface area contributed by atoms with Crippen LogP contribution in [-0.2, 0) is 6.54 Å². The predicted octanol–water partition coefficient (Wildman–Crippen LogP) is 3.91. The molecule has 1 amide bonds. The Morgan fingerprint density at radius 2 is 1.96 bits per heavy atom. The first-order valence-corrected chi connectivity index (χ1v) is 9.03. The van der Waals surface area contributed by atoms with Gasteiger partial charge in [-0.2, -0.15) is 8.78 Å². The molecule has 0 N–H and O–H groups in total. The largest absolute Gasteiger partial charge is 0.456 e. The quantitative estimate of drug-likeness (QED) is 0.723. The van der Waals surface area contributed by atoms with Gasteiger partial charge in [0.2, 0.25) is 0 Å². The van der Waals surface area contributed by atoms with Crippen LogP contribution < -0.4 is 4.74 Å². The summed E-state index contributed by atoms with van der Waals surface area (Å²) < 4.78 is 36.0. The van der Waals surface area contributed by atoms with Gasteiger partial charge >= 0.3 is 6.61 Å². The second-order valence-corrected chi connectivity index (χ2v) is 7.02. The Balaban J connectivity index is 1.60. The number of nitrogens with zero attached hydrogens (tertiary/aromatic N) is 2. The predicted molar refractivity (Wildman–Crippen MR) is 95.4 cm³/mol. The van der Waals surface area contributed by atoms with Crippen LogP contribution in [0.4, 0.5) is 8.78 Å². The lowest BCUT2D eigenvalue weighted by molar-refractivity contribution is -0.0509. The lowest BCUT2D eigenvalue weighted by atomic mass is 10.1. The van der Waals surface area contributed by atoms with Crippen LogP contribution in [0.25, 0.3) is 0 Å². The Labute approximate surface area is 158 Å². The summed E-state index contributed by atoms with van der Waals surface area (Å²) >= 11 is 3.36. The third kappa shape index (κ3) is 4.62. The van der Waals surface area contributed by atoms with E-state index in [0.717, 1.165) is 4.47 Å². The molecule has 0 radical (unpaired) electrons. The molecular weight excluding hydrogens is 410 g/mol. The van der Waals surface area contributed by atoms with Crippen LogP contribution >= 0.6 is 15.9 Å². The lowest BCUT2D eigenvalue weighted by Gasteiger charge is -2.34. The van der Waals surface area contributed by atoms with Crippen LogP contribution in [0.1, 0.15) is 21.9 Å². The van der Waals surface area contributed by atoms with Crippen molar-refractivity contribution in [3.63, 3.8) is 0 Å². The molecule has 0 atom stereocenters. The Hall–Kier alpha value is -1.93. The van der Waals surface area contributed by atoms with Crippen molar-refractivity contribution in [2.75, 3.05) is 26.2 Å². The molecule has 26 heavy (non-hydrogen) atoms. The fourth-order valence-corrected chi connectivity index (χ4v) is 3.35. The van der Waals surface area contributed by atoms with E-state index >= 15 is 0 Å². The molecule has 8 heteroatoms. The van der Waals surface area contributed by atoms with Crippen LogP contribution in [0.5, 0.6) is 5.75 Å². The van der Waals surface area contributed by atoms with Crippen molar-refractivity contribution in [1.29, 1.82) is 0 Å². The number of alkyl halides is 2. The number of furan rings is 1. The minimum atomic E-state index is -2.86. The van der Waals surface area contributed by atoms with E-state index < -0.39 is 6.61 Å². The second-order valence-electron chi connectivity index (χ2n) is 6.11. The van der Waals surface area contributed by atoms with Gasteiger partial charge in [-0.25, -0.2) is 0 Å². The van der Waals surface area contributed by atoms with Gasteiger partial charge in [0.15, 0.2) is 5.76 Å². The van der Waals surface area contributed by atoms with E-state index in [-0.39, 0.29) is 11.7 Å². The van der Waals surface area contributed by atoms with Crippen molar-refractivity contribution in [3.8, 4) is 5.75 Å². The normalized spacial score (nSPS) is 15.5. The molecule has 0 saturated carbocycles. The Morgan fingerprint density at radius 1 is 1.23 bits per heavy atom. The standard InChI is InChI=1S/C18H19BrF2N2O3/c1-12-2-4-16(25-12)17(24)23-8-6-22(7-9-23)11-13-10-14(19)3-5-15(13)26-18(20)21/h2-5,10,18H,6-9,11H2,1H3. The van der Waals surface area contributed by atoms with Gasteiger partial charge in [-0.3, -0.25) is 9.69 Å². The Bertz CT molecular complexity index is 774. The van der Waals surface area contributed by atoms with E-state index in [0.29, 0.717) is 49.8 Å². The number of ether oxygens (including phenoxy) is 1. The first-order valence-electron chi connectivity index (χ1n) is 8.23. The van der Waals surface area contributed by atoms with E-state index in [1.807, 2.05) is 0 Å². The highest BCUT2D eigenvalue weighted by Crippen LogP contribution is 2.26. The maximum absolute atomic E-state index is 12.6. The Kier molecular flexibility index (Phi) is 5.93. The molecule has 0 unspecified atom stereocenters. The zero-order valence-corrected chi connectivity index (χ0v) is 15.8. The van der Waals surface area contributed by atoms with Gasteiger partial charge in [-0.1, -0.05) is 15.9 Å². The number of halogens is 3. The number of hydrogen-bond acceptors (Lipinski definition) is 4. The molecule has 140 valence electrons. The highest BCUT2D eigenvalue weighted by molar-refractivity contribution is 9.10. The van der Waals surface area contributed by atoms with Crippen molar-refractivity contribution in [3.05, 3.63) is 51.9 Å². The van der Waals surface area contributed by atoms with Gasteiger partial charge in [0.1, 0.15) is 11.5 Å². The summed E-state index contributed by atoms with van der Waals surface area (Å²) in [4.78, 5) is 16.3. The summed E-state index contributed by atoms with van der Waals surface area (Å²) in [5.41, 5.74) is 0.682. The van der Waals surface area contributed by atoms with E-state index in [1.165, 1.54) is 6.07 Å². The summed E-state index contributed by atoms with van der Waals surface area (Å²) in [6.07, 6.45) is 0. The summed E-state index contributed by atoms with van der Waals surface area (Å²) in [7, 11) is 0. The topological polar surface area (TPSA) is 45.9 Å². The maximum atomic E-state index is 12.6. The Morgan fingerprint density at radius 3 is 2.58 bits per heavy atom. The van der Waals surface area contributed by atoms with Crippen LogP contribution in [0.3, 0.4) is 0 Å². The van der Waals surface area contributed by atoms with E-state index in [9.17, 15) is 13.6 Å². The summed E-state index contributed by atoms with van der Waals surface area (Å²) in [5.74, 6) is 1.10. The van der Waals surface area contributed by atoms with Crippen LogP contribution in [-0.4, -0.2) is 48.5 Å². The third-order valence-corrected chi connectivity index (χ3v) is 4.74. The van der Waals surface area contributed by atoms with Gasteiger partial charge in [0, 0.05) is 42.8 Å². The van der Waals surface area contributed by atoms with Crippen molar-refractivity contribution < 1.29 is 22.7 Å². The average Bonchev–Trinajstić information content (AvgIpc) is 3.03. The van der Waals surface area contributed by atoms with Crippen molar-refractivity contribution in [1.82, 2.24) is 9.80 Å². The molecule has 1 aliphatic heterocycles. The molecule has 2 aromatic rings. The zero-order chi connectivity index (χ0) is 18.7. The number of benzene rings is 1. The van der Waals surface area contributed by atoms with Gasteiger partial charge in [0.25, 0.3) is 5.91 Å². The molecule has 1 aliphatic rings. The van der Waals surface area contributed by atoms with Gasteiger partial charge in [-0.05, 0) is 37.3 Å². The zero-order valence-electron chi connectivity index (χ0n) is 14.3. The molecule has 3 rings (SSSR count). The number of aryl methyl sites for hydroxylation is 1. The number of hydrogen-bond donors (Lipinski definition) is 0. The smallest absolute Gasteiger partial charge is 0.387 e. The average molecular weight is 429 g/mol. The summed E-state index contributed by atoms with van der Waals surface area (Å²) in [6, 6.07) is 8.43. The summed E-state index contributed by atoms with van der Waals surface area (Å²) in [5, 5.41) is 0. The summed E-state index contributed by atoms with van der Waals surface area (Å²) in [6.45, 7) is 1.81. The highest BCUT2D eigenvalue weighted by Gasteiger charge is 2.24. The molecule has 1 aromatic heterocycles. The fourth-order valence-electron chi connectivity index (χ4n) is 2.94. The van der Waals surface area contributed by atoms with Crippen LogP contribution in [0.2, 0.25) is 0 Å². The monoisotopic (exact) mass is 428 g/mol. The van der Waals surface area contributed by atoms with E-state index in [4.69, 9.17) is 4.42 Å². The fraction of sp³-hybridized carbons (Fsp3) is 0.389. The minimum absolute atomic E-state index is 0.123. The molecule has 0 aliphatic carbocycles. The van der Waals surface area contributed by atoms with Crippen molar-refractivity contribution in [2.45, 2.75) is 20.1 Å². The molecule has 0 bridgehead atoms. The molecule has 1 fully saturated rings. The molecule has 1 aromatic carbocycles. The molecule has 0 spiro atoms. The van der Waals surface area contributed by atoms with Gasteiger partial charge in [-0.15, -0.1) is 0 Å². The SMILES string of the molecule is Cc1ccc(C(=O)N2CCN(Cc3cc(Br)ccc3OC(F)F)CC2)o1. The molecular formula is C18H19BrF2N2O3. The van der Waals surface area contributed by atoms with Gasteiger partial charge in [0.05, 0.1) is 0 Å². The third-order valence-electron chi connectivity index (χ3n) is 4.24. The number of piperazine rings is 1. The first-order chi connectivity index (χ1) is 12.4. The number of carbonyl (C=O) groups is 1. The van der Waals surface area contributed by atoms with Crippen LogP contribution in [0, 0.1) is 6.92 Å². The first kappa shape index (κ1) is 18.8. The maximum Gasteiger partial charge on any atom is 0.387 e. The molecule has 2 heterocycles. The lowest BCUT2D eigenvalue weighted by Crippen LogP contribution is -2.48.